The maximum atomic E-state index is 5.72. The second-order valence-corrected chi connectivity index (χ2v) is 2.81. The molecule has 1 aromatic rings. The molecule has 0 unspecified atom stereocenters. The van der Waals surface area contributed by atoms with Gasteiger partial charge >= 0.3 is 0 Å². The highest BCUT2D eigenvalue weighted by molar-refractivity contribution is 5.69. The first kappa shape index (κ1) is 8.93. The van der Waals surface area contributed by atoms with E-state index in [1.54, 1.807) is 0 Å². The number of hydrogen-bond acceptors (Lipinski definition) is 3. The molecule has 4 heteroatoms. The summed E-state index contributed by atoms with van der Waals surface area (Å²) in [6.07, 6.45) is 0.857. The van der Waals surface area contributed by atoms with Crippen molar-refractivity contribution in [2.75, 3.05) is 24.6 Å². The maximum Gasteiger partial charge on any atom is 0.124 e. The summed E-state index contributed by atoms with van der Waals surface area (Å²) in [6, 6.07) is 0. The topological polar surface area (TPSA) is 79.9 Å². The highest BCUT2D eigenvalue weighted by atomic mass is 15.0. The van der Waals surface area contributed by atoms with Gasteiger partial charge in [-0.05, 0) is 25.5 Å². The van der Waals surface area contributed by atoms with E-state index in [4.69, 9.17) is 11.5 Å². The number of nitrogen functional groups attached to an aromatic ring is 1. The summed E-state index contributed by atoms with van der Waals surface area (Å²) >= 11 is 0. The minimum Gasteiger partial charge on any atom is -0.385 e. The van der Waals surface area contributed by atoms with E-state index in [9.17, 15) is 0 Å². The summed E-state index contributed by atoms with van der Waals surface area (Å²) in [5.41, 5.74) is 14.5. The van der Waals surface area contributed by atoms with E-state index in [0.717, 1.165) is 17.8 Å². The lowest BCUT2D eigenvalue weighted by molar-refractivity contribution is 0.958. The molecule has 0 bridgehead atoms. The van der Waals surface area contributed by atoms with Gasteiger partial charge in [0.15, 0.2) is 0 Å². The molecule has 0 saturated carbocycles. The minimum atomic E-state index is 0.646. The van der Waals surface area contributed by atoms with Gasteiger partial charge in [0.2, 0.25) is 0 Å². The summed E-state index contributed by atoms with van der Waals surface area (Å²) in [5, 5.41) is 3.06. The molecule has 12 heavy (non-hydrogen) atoms. The van der Waals surface area contributed by atoms with Gasteiger partial charge in [0.05, 0.1) is 5.69 Å². The van der Waals surface area contributed by atoms with E-state index in [2.05, 4.69) is 10.3 Å². The van der Waals surface area contributed by atoms with Crippen LogP contribution in [-0.4, -0.2) is 18.6 Å². The van der Waals surface area contributed by atoms with Crippen LogP contribution in [0.2, 0.25) is 0 Å². The van der Waals surface area contributed by atoms with Crippen LogP contribution in [0.5, 0.6) is 0 Å². The van der Waals surface area contributed by atoms with Crippen molar-refractivity contribution in [3.05, 3.63) is 11.3 Å². The third-order valence-corrected chi connectivity index (χ3v) is 1.99. The standard InChI is InChI=1S/C8H16N4/c1-5-6(3-4-9)7(11-2)8(10)12-5/h11-12H,3-4,9-10H2,1-2H3. The van der Waals surface area contributed by atoms with Crippen LogP contribution in [0, 0.1) is 6.92 Å². The highest BCUT2D eigenvalue weighted by Gasteiger charge is 2.09. The van der Waals surface area contributed by atoms with Gasteiger partial charge in [-0.2, -0.15) is 0 Å². The van der Waals surface area contributed by atoms with Crippen LogP contribution in [0.15, 0.2) is 0 Å². The molecule has 0 spiro atoms. The van der Waals surface area contributed by atoms with Crippen molar-refractivity contribution in [3.8, 4) is 0 Å². The van der Waals surface area contributed by atoms with Crippen molar-refractivity contribution in [1.29, 1.82) is 0 Å². The number of nitrogens with two attached hydrogens (primary N) is 2. The highest BCUT2D eigenvalue weighted by Crippen LogP contribution is 2.25. The fraction of sp³-hybridized carbons (Fsp3) is 0.500. The Labute approximate surface area is 72.3 Å². The number of anilines is 2. The Morgan fingerprint density at radius 2 is 2.17 bits per heavy atom. The van der Waals surface area contributed by atoms with Gasteiger partial charge in [0.1, 0.15) is 5.82 Å². The number of nitrogens with one attached hydrogen (secondary N) is 2. The van der Waals surface area contributed by atoms with Crippen LogP contribution in [-0.2, 0) is 6.42 Å². The predicted molar refractivity (Wildman–Crippen MR) is 52.2 cm³/mol. The number of aromatic amines is 1. The fourth-order valence-corrected chi connectivity index (χ4v) is 1.43. The van der Waals surface area contributed by atoms with Gasteiger partial charge in [-0.3, -0.25) is 0 Å². The SMILES string of the molecule is CNc1c(N)[nH]c(C)c1CCN. The van der Waals surface area contributed by atoms with Crippen LogP contribution >= 0.6 is 0 Å². The molecular formula is C8H16N4. The fourth-order valence-electron chi connectivity index (χ4n) is 1.43. The van der Waals surface area contributed by atoms with Crippen molar-refractivity contribution in [2.24, 2.45) is 5.73 Å². The molecule has 4 nitrogen and oxygen atoms in total. The zero-order valence-electron chi connectivity index (χ0n) is 7.57. The average molecular weight is 168 g/mol. The Morgan fingerprint density at radius 3 is 2.67 bits per heavy atom. The van der Waals surface area contributed by atoms with Crippen molar-refractivity contribution in [3.63, 3.8) is 0 Å². The van der Waals surface area contributed by atoms with Gasteiger partial charge in [-0.25, -0.2) is 0 Å². The predicted octanol–water partition coefficient (Wildman–Crippen LogP) is 0.448. The monoisotopic (exact) mass is 168 g/mol. The third kappa shape index (κ3) is 1.38. The number of aryl methyl sites for hydroxylation is 1. The molecule has 0 aromatic carbocycles. The molecule has 0 radical (unpaired) electrons. The van der Waals surface area contributed by atoms with Crippen molar-refractivity contribution >= 4 is 11.5 Å². The molecule has 1 aromatic heterocycles. The summed E-state index contributed by atoms with van der Waals surface area (Å²) in [5.74, 6) is 0.693. The van der Waals surface area contributed by atoms with Crippen LogP contribution in [0.4, 0.5) is 11.5 Å². The molecule has 0 fully saturated rings. The molecule has 0 aliphatic rings. The van der Waals surface area contributed by atoms with Gasteiger partial charge < -0.3 is 21.8 Å². The molecule has 0 aliphatic heterocycles. The van der Waals surface area contributed by atoms with Gasteiger partial charge in [-0.1, -0.05) is 0 Å². The molecule has 68 valence electrons. The summed E-state index contributed by atoms with van der Waals surface area (Å²) in [6.45, 7) is 2.65. The molecule has 0 atom stereocenters. The summed E-state index contributed by atoms with van der Waals surface area (Å²) < 4.78 is 0. The lowest BCUT2D eigenvalue weighted by atomic mass is 10.1. The average Bonchev–Trinajstić information content (AvgIpc) is 2.28. The van der Waals surface area contributed by atoms with Crippen molar-refractivity contribution in [1.82, 2.24) is 4.98 Å². The van der Waals surface area contributed by atoms with Gasteiger partial charge in [0.25, 0.3) is 0 Å². The Balaban J connectivity index is 3.04. The summed E-state index contributed by atoms with van der Waals surface area (Å²) in [7, 11) is 1.86. The zero-order chi connectivity index (χ0) is 9.14. The molecule has 1 rings (SSSR count). The number of hydrogen-bond donors (Lipinski definition) is 4. The first-order valence-electron chi connectivity index (χ1n) is 4.05. The van der Waals surface area contributed by atoms with E-state index >= 15 is 0 Å². The van der Waals surface area contributed by atoms with E-state index in [1.165, 1.54) is 5.56 Å². The van der Waals surface area contributed by atoms with E-state index in [0.29, 0.717) is 12.4 Å². The minimum absolute atomic E-state index is 0.646. The Bertz CT molecular complexity index is 264. The molecule has 0 aliphatic carbocycles. The third-order valence-electron chi connectivity index (χ3n) is 1.99. The Kier molecular flexibility index (Phi) is 2.60. The van der Waals surface area contributed by atoms with E-state index in [-0.39, 0.29) is 0 Å². The molecule has 6 N–H and O–H groups in total. The Morgan fingerprint density at radius 1 is 1.50 bits per heavy atom. The second kappa shape index (κ2) is 3.49. The van der Waals surface area contributed by atoms with Crippen LogP contribution in [0.25, 0.3) is 0 Å². The molecular weight excluding hydrogens is 152 g/mol. The largest absolute Gasteiger partial charge is 0.385 e. The smallest absolute Gasteiger partial charge is 0.124 e. The van der Waals surface area contributed by atoms with Gasteiger partial charge in [-0.15, -0.1) is 0 Å². The van der Waals surface area contributed by atoms with Crippen LogP contribution in [0.1, 0.15) is 11.3 Å². The lowest BCUT2D eigenvalue weighted by Crippen LogP contribution is -2.05. The number of H-pyrrole nitrogens is 1. The second-order valence-electron chi connectivity index (χ2n) is 2.81. The van der Waals surface area contributed by atoms with Crippen LogP contribution in [0.3, 0.4) is 0 Å². The normalized spacial score (nSPS) is 10.2. The van der Waals surface area contributed by atoms with Crippen molar-refractivity contribution < 1.29 is 0 Å². The number of rotatable bonds is 3. The van der Waals surface area contributed by atoms with Crippen LogP contribution < -0.4 is 16.8 Å². The van der Waals surface area contributed by atoms with Crippen molar-refractivity contribution in [2.45, 2.75) is 13.3 Å². The molecule has 0 saturated heterocycles. The zero-order valence-corrected chi connectivity index (χ0v) is 7.57. The summed E-state index contributed by atoms with van der Waals surface area (Å²) in [4.78, 5) is 3.07. The quantitative estimate of drug-likeness (QED) is 0.529. The van der Waals surface area contributed by atoms with E-state index in [1.807, 2.05) is 14.0 Å². The van der Waals surface area contributed by atoms with E-state index < -0.39 is 0 Å². The molecule has 1 heterocycles. The first-order chi connectivity index (χ1) is 5.70. The first-order valence-corrected chi connectivity index (χ1v) is 4.05. The number of aromatic nitrogens is 1. The maximum absolute atomic E-state index is 5.72. The van der Waals surface area contributed by atoms with Gasteiger partial charge in [0, 0.05) is 12.7 Å². The lowest BCUT2D eigenvalue weighted by Gasteiger charge is -2.02. The Hall–Kier alpha value is -1.16. The molecule has 0 amide bonds.